The van der Waals surface area contributed by atoms with Crippen molar-refractivity contribution in [3.63, 3.8) is 0 Å². The van der Waals surface area contributed by atoms with Crippen LogP contribution in [0.3, 0.4) is 0 Å². The standard InChI is InChI=1S/C26H21FN4O3/c27-21-10-6-19(7-11-21)23-24(30(17-28-23)16-18-4-2-1-3-5-18)29-25(32)20-8-12-22(13-9-20)31-14-15-34-26(31)33/h1-13,17H,14-16H2,(H,29,32). The quantitative estimate of drug-likeness (QED) is 0.446. The van der Waals surface area contributed by atoms with Crippen LogP contribution < -0.4 is 10.2 Å². The van der Waals surface area contributed by atoms with Gasteiger partial charge in [-0.25, -0.2) is 14.2 Å². The second-order valence-electron chi connectivity index (χ2n) is 7.83. The molecule has 4 aromatic rings. The SMILES string of the molecule is O=C(Nc1c(-c2ccc(F)cc2)ncn1Cc1ccccc1)c1ccc(N2CCOC2=O)cc1. The Morgan fingerprint density at radius 1 is 1.00 bits per heavy atom. The number of carbonyl (C=O) groups excluding carboxylic acids is 2. The molecule has 0 aliphatic carbocycles. The molecule has 0 saturated carbocycles. The van der Waals surface area contributed by atoms with Gasteiger partial charge in [0.05, 0.1) is 19.4 Å². The lowest BCUT2D eigenvalue weighted by Crippen LogP contribution is -2.23. The minimum atomic E-state index is -0.397. The highest BCUT2D eigenvalue weighted by molar-refractivity contribution is 6.05. The van der Waals surface area contributed by atoms with Crippen molar-refractivity contribution >= 4 is 23.5 Å². The summed E-state index contributed by atoms with van der Waals surface area (Å²) in [6, 6.07) is 22.5. The smallest absolute Gasteiger partial charge is 0.414 e. The fourth-order valence-corrected chi connectivity index (χ4v) is 3.83. The van der Waals surface area contributed by atoms with E-state index in [1.165, 1.54) is 17.0 Å². The molecule has 1 saturated heterocycles. The van der Waals surface area contributed by atoms with Gasteiger partial charge in [0.2, 0.25) is 0 Å². The number of anilines is 2. The number of ether oxygens (including phenoxy) is 1. The van der Waals surface area contributed by atoms with Crippen LogP contribution in [0.2, 0.25) is 0 Å². The molecule has 7 nitrogen and oxygen atoms in total. The molecule has 1 aromatic heterocycles. The number of hydrogen-bond acceptors (Lipinski definition) is 4. The molecule has 1 aliphatic heterocycles. The van der Waals surface area contributed by atoms with Crippen molar-refractivity contribution in [1.29, 1.82) is 0 Å². The molecule has 5 rings (SSSR count). The Bertz CT molecular complexity index is 1320. The number of rotatable bonds is 6. The molecule has 2 amide bonds. The van der Waals surface area contributed by atoms with Crippen molar-refractivity contribution in [3.8, 4) is 11.3 Å². The largest absolute Gasteiger partial charge is 0.447 e. The predicted molar refractivity (Wildman–Crippen MR) is 126 cm³/mol. The van der Waals surface area contributed by atoms with Gasteiger partial charge in [0.1, 0.15) is 23.9 Å². The van der Waals surface area contributed by atoms with Gasteiger partial charge in [-0.05, 0) is 54.1 Å². The molecule has 3 aromatic carbocycles. The number of nitrogens with one attached hydrogen (secondary N) is 1. The molecule has 34 heavy (non-hydrogen) atoms. The second kappa shape index (κ2) is 9.19. The lowest BCUT2D eigenvalue weighted by atomic mass is 10.1. The lowest BCUT2D eigenvalue weighted by molar-refractivity contribution is 0.102. The summed E-state index contributed by atoms with van der Waals surface area (Å²) in [6.07, 6.45) is 1.26. The molecule has 8 heteroatoms. The van der Waals surface area contributed by atoms with Crippen LogP contribution in [0, 0.1) is 5.82 Å². The Morgan fingerprint density at radius 2 is 1.74 bits per heavy atom. The average Bonchev–Trinajstić information content (AvgIpc) is 3.46. The van der Waals surface area contributed by atoms with E-state index < -0.39 is 6.09 Å². The summed E-state index contributed by atoms with van der Waals surface area (Å²) < 4.78 is 20.3. The summed E-state index contributed by atoms with van der Waals surface area (Å²) in [5.74, 6) is -0.165. The van der Waals surface area contributed by atoms with Gasteiger partial charge < -0.3 is 14.6 Å². The van der Waals surface area contributed by atoms with Crippen LogP contribution in [0.5, 0.6) is 0 Å². The van der Waals surface area contributed by atoms with Crippen LogP contribution in [0.15, 0.2) is 85.2 Å². The molecule has 0 spiro atoms. The highest BCUT2D eigenvalue weighted by atomic mass is 19.1. The topological polar surface area (TPSA) is 76.5 Å². The lowest BCUT2D eigenvalue weighted by Gasteiger charge is -2.14. The molecule has 170 valence electrons. The zero-order valence-corrected chi connectivity index (χ0v) is 18.1. The molecule has 1 N–H and O–H groups in total. The Balaban J connectivity index is 1.44. The van der Waals surface area contributed by atoms with Crippen molar-refractivity contribution < 1.29 is 18.7 Å². The van der Waals surface area contributed by atoms with Gasteiger partial charge in [0.15, 0.2) is 0 Å². The molecule has 0 unspecified atom stereocenters. The third kappa shape index (κ3) is 4.38. The summed E-state index contributed by atoms with van der Waals surface area (Å²) in [6.45, 7) is 1.32. The molecule has 0 atom stereocenters. The number of nitrogens with zero attached hydrogens (tertiary/aromatic N) is 3. The molecule has 0 bridgehead atoms. The number of hydrogen-bond donors (Lipinski definition) is 1. The minimum Gasteiger partial charge on any atom is -0.447 e. The van der Waals surface area contributed by atoms with Gasteiger partial charge in [-0.2, -0.15) is 0 Å². The van der Waals surface area contributed by atoms with Gasteiger partial charge >= 0.3 is 6.09 Å². The third-order valence-corrected chi connectivity index (χ3v) is 5.59. The van der Waals surface area contributed by atoms with Crippen molar-refractivity contribution in [1.82, 2.24) is 9.55 Å². The molecular formula is C26H21FN4O3. The fourth-order valence-electron chi connectivity index (χ4n) is 3.83. The summed E-state index contributed by atoms with van der Waals surface area (Å²) >= 11 is 0. The van der Waals surface area contributed by atoms with Crippen molar-refractivity contribution in [2.45, 2.75) is 6.54 Å². The zero-order valence-electron chi connectivity index (χ0n) is 18.1. The number of imidazole rings is 1. The van der Waals surface area contributed by atoms with Crippen molar-refractivity contribution in [2.24, 2.45) is 0 Å². The van der Waals surface area contributed by atoms with E-state index in [4.69, 9.17) is 4.74 Å². The van der Waals surface area contributed by atoms with Gasteiger partial charge in [0, 0.05) is 16.8 Å². The van der Waals surface area contributed by atoms with E-state index in [1.807, 2.05) is 34.9 Å². The highest BCUT2D eigenvalue weighted by Gasteiger charge is 2.24. The Kier molecular flexibility index (Phi) is 5.78. The Hall–Kier alpha value is -4.46. The van der Waals surface area contributed by atoms with Crippen molar-refractivity contribution in [2.75, 3.05) is 23.4 Å². The van der Waals surface area contributed by atoms with E-state index in [2.05, 4.69) is 10.3 Å². The van der Waals surface area contributed by atoms with E-state index in [9.17, 15) is 14.0 Å². The van der Waals surface area contributed by atoms with E-state index in [0.29, 0.717) is 48.0 Å². The average molecular weight is 456 g/mol. The number of cyclic esters (lactones) is 1. The summed E-state index contributed by atoms with van der Waals surface area (Å²) in [5.41, 5.74) is 3.36. The van der Waals surface area contributed by atoms with E-state index in [1.54, 1.807) is 42.7 Å². The number of aromatic nitrogens is 2. The second-order valence-corrected chi connectivity index (χ2v) is 7.83. The monoisotopic (exact) mass is 456 g/mol. The van der Waals surface area contributed by atoms with Gasteiger partial charge in [-0.15, -0.1) is 0 Å². The summed E-state index contributed by atoms with van der Waals surface area (Å²) in [5, 5.41) is 2.97. The maximum absolute atomic E-state index is 13.5. The van der Waals surface area contributed by atoms with E-state index >= 15 is 0 Å². The number of benzene rings is 3. The number of amides is 2. The number of carbonyl (C=O) groups is 2. The Morgan fingerprint density at radius 3 is 2.41 bits per heavy atom. The fraction of sp³-hybridized carbons (Fsp3) is 0.115. The van der Waals surface area contributed by atoms with Crippen LogP contribution in [0.4, 0.5) is 20.7 Å². The first-order valence-corrected chi connectivity index (χ1v) is 10.8. The zero-order chi connectivity index (χ0) is 23.5. The molecular weight excluding hydrogens is 435 g/mol. The van der Waals surface area contributed by atoms with Crippen molar-refractivity contribution in [3.05, 3.63) is 102 Å². The van der Waals surface area contributed by atoms with E-state index in [0.717, 1.165) is 5.56 Å². The van der Waals surface area contributed by atoms with Crippen LogP contribution in [0.25, 0.3) is 11.3 Å². The summed E-state index contributed by atoms with van der Waals surface area (Å²) in [4.78, 5) is 30.9. The minimum absolute atomic E-state index is 0.325. The van der Waals surface area contributed by atoms with Crippen LogP contribution >= 0.6 is 0 Å². The van der Waals surface area contributed by atoms with Gasteiger partial charge in [-0.1, -0.05) is 30.3 Å². The molecule has 1 fully saturated rings. The first-order valence-electron chi connectivity index (χ1n) is 10.8. The van der Waals surface area contributed by atoms with Gasteiger partial charge in [-0.3, -0.25) is 9.69 Å². The molecule has 0 radical (unpaired) electrons. The maximum atomic E-state index is 13.5. The van der Waals surface area contributed by atoms with Crippen LogP contribution in [0.1, 0.15) is 15.9 Å². The third-order valence-electron chi connectivity index (χ3n) is 5.59. The van der Waals surface area contributed by atoms with Crippen LogP contribution in [-0.4, -0.2) is 34.7 Å². The summed E-state index contributed by atoms with van der Waals surface area (Å²) in [7, 11) is 0. The molecule has 1 aliphatic rings. The first kappa shape index (κ1) is 21.4. The predicted octanol–water partition coefficient (Wildman–Crippen LogP) is 4.95. The normalized spacial score (nSPS) is 13.1. The maximum Gasteiger partial charge on any atom is 0.414 e. The van der Waals surface area contributed by atoms with Crippen LogP contribution in [-0.2, 0) is 11.3 Å². The Labute approximate surface area is 195 Å². The first-order chi connectivity index (χ1) is 16.6. The highest BCUT2D eigenvalue weighted by Crippen LogP contribution is 2.28. The van der Waals surface area contributed by atoms with Gasteiger partial charge in [0.25, 0.3) is 5.91 Å². The molecule has 2 heterocycles. The van der Waals surface area contributed by atoms with E-state index in [-0.39, 0.29) is 11.7 Å². The number of halogens is 1.